The van der Waals surface area contributed by atoms with E-state index < -0.39 is 0 Å². The number of hydrogen-bond donors (Lipinski definition) is 1. The largest absolute Gasteiger partial charge is 0.497 e. The first kappa shape index (κ1) is 16.4. The number of urea groups is 1. The van der Waals surface area contributed by atoms with Gasteiger partial charge in [-0.2, -0.15) is 0 Å². The maximum atomic E-state index is 12.5. The van der Waals surface area contributed by atoms with Gasteiger partial charge < -0.3 is 19.4 Å². The maximum absolute atomic E-state index is 12.5. The molecular weight excluding hydrogens is 330 g/mol. The lowest BCUT2D eigenvalue weighted by molar-refractivity contribution is 0.190. The summed E-state index contributed by atoms with van der Waals surface area (Å²) in [5, 5.41) is 2.93. The van der Waals surface area contributed by atoms with E-state index in [1.165, 1.54) is 0 Å². The normalized spacial score (nSPS) is 15.2. The minimum atomic E-state index is -0.0776. The summed E-state index contributed by atoms with van der Waals surface area (Å²) < 4.78 is 11.0. The van der Waals surface area contributed by atoms with E-state index >= 15 is 0 Å². The Balaban J connectivity index is 1.35. The molecule has 0 bridgehead atoms. The van der Waals surface area contributed by atoms with Gasteiger partial charge >= 0.3 is 6.03 Å². The Kier molecular flexibility index (Phi) is 4.48. The highest BCUT2D eigenvalue weighted by molar-refractivity contribution is 5.89. The molecule has 1 saturated heterocycles. The van der Waals surface area contributed by atoms with Crippen LogP contribution in [-0.2, 0) is 0 Å². The smallest absolute Gasteiger partial charge is 0.321 e. The number of benzene rings is 2. The van der Waals surface area contributed by atoms with Crippen molar-refractivity contribution in [3.63, 3.8) is 0 Å². The van der Waals surface area contributed by atoms with Crippen LogP contribution in [0.4, 0.5) is 10.5 Å². The zero-order valence-electron chi connectivity index (χ0n) is 14.6. The molecule has 6 heteroatoms. The first-order valence-electron chi connectivity index (χ1n) is 8.78. The fourth-order valence-corrected chi connectivity index (χ4v) is 3.27. The third kappa shape index (κ3) is 3.35. The second-order valence-corrected chi connectivity index (χ2v) is 6.44. The Bertz CT molecular complexity index is 863. The van der Waals surface area contributed by atoms with Gasteiger partial charge in [-0.05, 0) is 49.2 Å². The van der Waals surface area contributed by atoms with E-state index in [-0.39, 0.29) is 11.9 Å². The van der Waals surface area contributed by atoms with Gasteiger partial charge in [0.25, 0.3) is 0 Å². The summed E-state index contributed by atoms with van der Waals surface area (Å²) >= 11 is 0. The molecule has 6 nitrogen and oxygen atoms in total. The molecule has 1 fully saturated rings. The van der Waals surface area contributed by atoms with Crippen molar-refractivity contribution in [2.24, 2.45) is 0 Å². The predicted molar refractivity (Wildman–Crippen MR) is 99.6 cm³/mol. The second kappa shape index (κ2) is 7.07. The average Bonchev–Trinajstić information content (AvgIpc) is 3.13. The summed E-state index contributed by atoms with van der Waals surface area (Å²) in [5.74, 6) is 1.80. The lowest BCUT2D eigenvalue weighted by Crippen LogP contribution is -2.40. The third-order valence-corrected chi connectivity index (χ3v) is 4.78. The zero-order valence-corrected chi connectivity index (χ0v) is 14.6. The summed E-state index contributed by atoms with van der Waals surface area (Å²) in [7, 11) is 1.62. The average molecular weight is 351 g/mol. The van der Waals surface area contributed by atoms with Crippen LogP contribution >= 0.6 is 0 Å². The Morgan fingerprint density at radius 2 is 1.88 bits per heavy atom. The summed E-state index contributed by atoms with van der Waals surface area (Å²) in [5.41, 5.74) is 2.47. The highest BCUT2D eigenvalue weighted by Crippen LogP contribution is 2.30. The number of carbonyl (C=O) groups is 1. The lowest BCUT2D eigenvalue weighted by atomic mass is 9.97. The quantitative estimate of drug-likeness (QED) is 0.766. The van der Waals surface area contributed by atoms with E-state index in [1.54, 1.807) is 7.11 Å². The van der Waals surface area contributed by atoms with E-state index in [9.17, 15) is 4.79 Å². The Morgan fingerprint density at radius 3 is 2.58 bits per heavy atom. The molecule has 0 unspecified atom stereocenters. The molecule has 4 rings (SSSR count). The first-order valence-corrected chi connectivity index (χ1v) is 8.78. The molecule has 26 heavy (non-hydrogen) atoms. The SMILES string of the molecule is COc1ccc(NC(=O)N2CCC(c3nc4ccccc4o3)CC2)cc1. The van der Waals surface area contributed by atoms with Gasteiger partial charge in [0.05, 0.1) is 7.11 Å². The number of nitrogens with one attached hydrogen (secondary N) is 1. The number of nitrogens with zero attached hydrogens (tertiary/aromatic N) is 2. The number of rotatable bonds is 3. The number of methoxy groups -OCH3 is 1. The number of fused-ring (bicyclic) bond motifs is 1. The van der Waals surface area contributed by atoms with Crippen molar-refractivity contribution in [1.82, 2.24) is 9.88 Å². The fourth-order valence-electron chi connectivity index (χ4n) is 3.27. The van der Waals surface area contributed by atoms with E-state index in [0.717, 1.165) is 41.3 Å². The molecule has 2 amide bonds. The van der Waals surface area contributed by atoms with Crippen molar-refractivity contribution in [1.29, 1.82) is 0 Å². The van der Waals surface area contributed by atoms with Gasteiger partial charge in [-0.15, -0.1) is 0 Å². The van der Waals surface area contributed by atoms with E-state index in [1.807, 2.05) is 53.4 Å². The van der Waals surface area contributed by atoms with Crippen LogP contribution in [0.2, 0.25) is 0 Å². The molecule has 0 atom stereocenters. The summed E-state index contributed by atoms with van der Waals surface area (Å²) in [6.07, 6.45) is 1.70. The molecule has 0 saturated carbocycles. The van der Waals surface area contributed by atoms with Gasteiger partial charge in [0.2, 0.25) is 0 Å². The maximum Gasteiger partial charge on any atom is 0.321 e. The van der Waals surface area contributed by atoms with Crippen LogP contribution in [0.25, 0.3) is 11.1 Å². The number of anilines is 1. The second-order valence-electron chi connectivity index (χ2n) is 6.44. The Labute approximate surface area is 151 Å². The summed E-state index contributed by atoms with van der Waals surface area (Å²) in [6.45, 7) is 1.37. The molecule has 0 spiro atoms. The number of piperidine rings is 1. The Morgan fingerprint density at radius 1 is 1.15 bits per heavy atom. The van der Waals surface area contributed by atoms with Crippen molar-refractivity contribution >= 4 is 22.8 Å². The van der Waals surface area contributed by atoms with Crippen LogP contribution in [0.1, 0.15) is 24.7 Å². The van der Waals surface area contributed by atoms with Gasteiger partial charge in [0.1, 0.15) is 11.3 Å². The van der Waals surface area contributed by atoms with Crippen molar-refractivity contribution in [2.75, 3.05) is 25.5 Å². The highest BCUT2D eigenvalue weighted by Gasteiger charge is 2.27. The van der Waals surface area contributed by atoms with Crippen molar-refractivity contribution in [3.05, 3.63) is 54.4 Å². The third-order valence-electron chi connectivity index (χ3n) is 4.78. The molecule has 1 aliphatic heterocycles. The van der Waals surface area contributed by atoms with E-state index in [4.69, 9.17) is 9.15 Å². The van der Waals surface area contributed by atoms with Gasteiger partial charge in [-0.25, -0.2) is 9.78 Å². The van der Waals surface area contributed by atoms with Gasteiger partial charge in [0, 0.05) is 24.7 Å². The topological polar surface area (TPSA) is 67.6 Å². The molecule has 2 heterocycles. The van der Waals surface area contributed by atoms with E-state index in [2.05, 4.69) is 10.3 Å². The molecule has 2 aromatic carbocycles. The molecule has 1 N–H and O–H groups in total. The molecule has 1 aliphatic rings. The van der Waals surface area contributed by atoms with Crippen molar-refractivity contribution in [2.45, 2.75) is 18.8 Å². The number of ether oxygens (including phenoxy) is 1. The van der Waals surface area contributed by atoms with Gasteiger partial charge in [-0.1, -0.05) is 12.1 Å². The Hall–Kier alpha value is -3.02. The molecular formula is C20H21N3O3. The van der Waals surface area contributed by atoms with Gasteiger partial charge in [0.15, 0.2) is 11.5 Å². The van der Waals surface area contributed by atoms with Crippen LogP contribution in [-0.4, -0.2) is 36.1 Å². The predicted octanol–water partition coefficient (Wildman–Crippen LogP) is 4.25. The number of hydrogen-bond acceptors (Lipinski definition) is 4. The number of likely N-dealkylation sites (tertiary alicyclic amines) is 1. The summed E-state index contributed by atoms with van der Waals surface area (Å²) in [4.78, 5) is 18.9. The summed E-state index contributed by atoms with van der Waals surface area (Å²) in [6, 6.07) is 15.0. The molecule has 0 aliphatic carbocycles. The molecule has 3 aromatic rings. The number of carbonyl (C=O) groups excluding carboxylic acids is 1. The highest BCUT2D eigenvalue weighted by atomic mass is 16.5. The standard InChI is InChI=1S/C20H21N3O3/c1-25-16-8-6-15(7-9-16)21-20(24)23-12-10-14(11-13-23)19-22-17-4-2-3-5-18(17)26-19/h2-9,14H,10-13H2,1H3,(H,21,24). The number of para-hydroxylation sites is 2. The fraction of sp³-hybridized carbons (Fsp3) is 0.300. The first-order chi connectivity index (χ1) is 12.7. The van der Waals surface area contributed by atoms with Crippen molar-refractivity contribution < 1.29 is 13.9 Å². The van der Waals surface area contributed by atoms with E-state index in [0.29, 0.717) is 13.1 Å². The minimum Gasteiger partial charge on any atom is -0.497 e. The van der Waals surface area contributed by atoms with Crippen LogP contribution in [0.3, 0.4) is 0 Å². The van der Waals surface area contributed by atoms with Crippen LogP contribution < -0.4 is 10.1 Å². The van der Waals surface area contributed by atoms with Gasteiger partial charge in [-0.3, -0.25) is 0 Å². The zero-order chi connectivity index (χ0) is 17.9. The van der Waals surface area contributed by atoms with Crippen LogP contribution in [0, 0.1) is 0 Å². The molecule has 1 aromatic heterocycles. The van der Waals surface area contributed by atoms with Crippen LogP contribution in [0.15, 0.2) is 52.9 Å². The monoisotopic (exact) mass is 351 g/mol. The minimum absolute atomic E-state index is 0.0776. The number of oxazole rings is 1. The molecule has 0 radical (unpaired) electrons. The molecule has 134 valence electrons. The number of amides is 2. The lowest BCUT2D eigenvalue weighted by Gasteiger charge is -2.30. The number of aromatic nitrogens is 1. The van der Waals surface area contributed by atoms with Crippen LogP contribution in [0.5, 0.6) is 5.75 Å². The van der Waals surface area contributed by atoms with Crippen molar-refractivity contribution in [3.8, 4) is 5.75 Å².